The summed E-state index contributed by atoms with van der Waals surface area (Å²) in [6.45, 7) is 0.432. The van der Waals surface area contributed by atoms with Gasteiger partial charge in [-0.1, -0.05) is 36.9 Å². The molecule has 1 saturated carbocycles. The summed E-state index contributed by atoms with van der Waals surface area (Å²) in [6.07, 6.45) is 4.75. The van der Waals surface area contributed by atoms with Gasteiger partial charge in [-0.25, -0.2) is 0 Å². The summed E-state index contributed by atoms with van der Waals surface area (Å²) in [7, 11) is 1.57. The largest absolute Gasteiger partial charge is 0.495 e. The maximum Gasteiger partial charge on any atom is 0.240 e. The van der Waals surface area contributed by atoms with Crippen LogP contribution in [0, 0.1) is 0 Å². The molecule has 0 spiro atoms. The fourth-order valence-corrected chi connectivity index (χ4v) is 2.87. The second-order valence-corrected chi connectivity index (χ2v) is 5.78. The van der Waals surface area contributed by atoms with Gasteiger partial charge in [0.15, 0.2) is 0 Å². The SMILES string of the molecule is COc1ccc(CNC(=O)C2(N)CCCCC2)cc1Cl.Cl. The molecule has 0 radical (unpaired) electrons. The first kappa shape index (κ1) is 18.1. The lowest BCUT2D eigenvalue weighted by molar-refractivity contribution is -0.127. The Morgan fingerprint density at radius 1 is 1.38 bits per heavy atom. The van der Waals surface area contributed by atoms with Crippen molar-refractivity contribution in [3.05, 3.63) is 28.8 Å². The monoisotopic (exact) mass is 332 g/mol. The van der Waals surface area contributed by atoms with Crippen LogP contribution >= 0.6 is 24.0 Å². The number of benzene rings is 1. The standard InChI is InChI=1S/C15H21ClN2O2.ClH/c1-20-13-6-5-11(9-12(13)16)10-18-14(19)15(17)7-3-2-4-8-15;/h5-6,9H,2-4,7-8,10,17H2,1H3,(H,18,19);1H. The summed E-state index contributed by atoms with van der Waals surface area (Å²) in [5.41, 5.74) is 6.42. The maximum absolute atomic E-state index is 12.2. The summed E-state index contributed by atoms with van der Waals surface area (Å²) < 4.78 is 5.10. The molecule has 0 heterocycles. The minimum Gasteiger partial charge on any atom is -0.495 e. The van der Waals surface area contributed by atoms with Crippen molar-refractivity contribution in [3.63, 3.8) is 0 Å². The summed E-state index contributed by atoms with van der Waals surface area (Å²) in [6, 6.07) is 5.47. The van der Waals surface area contributed by atoms with Crippen LogP contribution in [-0.4, -0.2) is 18.6 Å². The minimum absolute atomic E-state index is 0. The summed E-state index contributed by atoms with van der Waals surface area (Å²) in [4.78, 5) is 12.2. The molecule has 118 valence electrons. The van der Waals surface area contributed by atoms with Crippen LogP contribution in [-0.2, 0) is 11.3 Å². The van der Waals surface area contributed by atoms with Gasteiger partial charge in [-0.3, -0.25) is 4.79 Å². The number of halogens is 2. The third kappa shape index (κ3) is 4.50. The molecule has 21 heavy (non-hydrogen) atoms. The van der Waals surface area contributed by atoms with Gasteiger partial charge in [0, 0.05) is 6.54 Å². The molecule has 1 aromatic carbocycles. The topological polar surface area (TPSA) is 64.3 Å². The second-order valence-electron chi connectivity index (χ2n) is 5.37. The number of hydrogen-bond donors (Lipinski definition) is 2. The highest BCUT2D eigenvalue weighted by atomic mass is 35.5. The number of hydrogen-bond acceptors (Lipinski definition) is 3. The minimum atomic E-state index is -0.700. The van der Waals surface area contributed by atoms with Crippen molar-refractivity contribution in [1.82, 2.24) is 5.32 Å². The van der Waals surface area contributed by atoms with Crippen LogP contribution in [0.2, 0.25) is 5.02 Å². The Hall–Kier alpha value is -0.970. The van der Waals surface area contributed by atoms with Crippen molar-refractivity contribution in [3.8, 4) is 5.75 Å². The highest BCUT2D eigenvalue weighted by molar-refractivity contribution is 6.32. The number of carbonyl (C=O) groups excluding carboxylic acids is 1. The number of ether oxygens (including phenoxy) is 1. The average Bonchev–Trinajstić information content (AvgIpc) is 2.45. The van der Waals surface area contributed by atoms with Gasteiger partial charge in [-0.05, 0) is 30.5 Å². The molecule has 0 unspecified atom stereocenters. The van der Waals surface area contributed by atoms with E-state index in [1.54, 1.807) is 19.2 Å². The van der Waals surface area contributed by atoms with E-state index in [-0.39, 0.29) is 18.3 Å². The van der Waals surface area contributed by atoms with E-state index in [0.717, 1.165) is 31.2 Å². The van der Waals surface area contributed by atoms with Gasteiger partial charge in [-0.2, -0.15) is 0 Å². The molecule has 3 N–H and O–H groups in total. The van der Waals surface area contributed by atoms with Gasteiger partial charge in [0.2, 0.25) is 5.91 Å². The molecular formula is C15H22Cl2N2O2. The molecular weight excluding hydrogens is 311 g/mol. The van der Waals surface area contributed by atoms with Crippen LogP contribution in [0.25, 0.3) is 0 Å². The van der Waals surface area contributed by atoms with Gasteiger partial charge < -0.3 is 15.8 Å². The molecule has 0 atom stereocenters. The van der Waals surface area contributed by atoms with E-state index in [4.69, 9.17) is 22.1 Å². The molecule has 0 aliphatic heterocycles. The van der Waals surface area contributed by atoms with Crippen LogP contribution in [0.4, 0.5) is 0 Å². The number of amides is 1. The molecule has 4 nitrogen and oxygen atoms in total. The van der Waals surface area contributed by atoms with E-state index < -0.39 is 5.54 Å². The fourth-order valence-electron chi connectivity index (χ4n) is 2.59. The van der Waals surface area contributed by atoms with E-state index in [1.165, 1.54) is 6.42 Å². The van der Waals surface area contributed by atoms with Crippen molar-refractivity contribution in [1.29, 1.82) is 0 Å². The van der Waals surface area contributed by atoms with Gasteiger partial charge in [-0.15, -0.1) is 12.4 Å². The lowest BCUT2D eigenvalue weighted by Crippen LogP contribution is -2.54. The first-order chi connectivity index (χ1) is 9.55. The first-order valence-corrected chi connectivity index (χ1v) is 7.32. The fraction of sp³-hybridized carbons (Fsp3) is 0.533. The maximum atomic E-state index is 12.2. The van der Waals surface area contributed by atoms with Gasteiger partial charge in [0.1, 0.15) is 5.75 Å². The number of rotatable bonds is 4. The van der Waals surface area contributed by atoms with Gasteiger partial charge in [0.25, 0.3) is 0 Å². The number of nitrogens with one attached hydrogen (secondary N) is 1. The third-order valence-corrected chi connectivity index (χ3v) is 4.16. The van der Waals surface area contributed by atoms with Crippen LogP contribution < -0.4 is 15.8 Å². The molecule has 0 bridgehead atoms. The summed E-state index contributed by atoms with van der Waals surface area (Å²) in [5, 5.41) is 3.45. The zero-order valence-electron chi connectivity index (χ0n) is 12.2. The van der Waals surface area contributed by atoms with Crippen molar-refractivity contribution in [2.75, 3.05) is 7.11 Å². The Balaban J connectivity index is 0.00000220. The van der Waals surface area contributed by atoms with Crippen molar-refractivity contribution < 1.29 is 9.53 Å². The zero-order valence-corrected chi connectivity index (χ0v) is 13.7. The van der Waals surface area contributed by atoms with Crippen molar-refractivity contribution in [2.45, 2.75) is 44.2 Å². The Kier molecular flexibility index (Phi) is 6.78. The molecule has 1 aromatic rings. The van der Waals surface area contributed by atoms with Crippen molar-refractivity contribution in [2.24, 2.45) is 5.73 Å². The van der Waals surface area contributed by atoms with E-state index in [9.17, 15) is 4.79 Å². The lowest BCUT2D eigenvalue weighted by atomic mass is 9.82. The smallest absolute Gasteiger partial charge is 0.240 e. The van der Waals surface area contributed by atoms with E-state index in [1.807, 2.05) is 6.07 Å². The Bertz CT molecular complexity index is 489. The van der Waals surface area contributed by atoms with Crippen LogP contribution in [0.1, 0.15) is 37.7 Å². The Morgan fingerprint density at radius 3 is 2.62 bits per heavy atom. The molecule has 1 amide bonds. The molecule has 1 fully saturated rings. The zero-order chi connectivity index (χ0) is 14.6. The molecule has 1 aliphatic rings. The molecule has 0 aromatic heterocycles. The predicted molar refractivity (Wildman–Crippen MR) is 87.1 cm³/mol. The molecule has 2 rings (SSSR count). The summed E-state index contributed by atoms with van der Waals surface area (Å²) >= 11 is 6.06. The van der Waals surface area contributed by atoms with Crippen molar-refractivity contribution >= 4 is 29.9 Å². The average molecular weight is 333 g/mol. The highest BCUT2D eigenvalue weighted by Gasteiger charge is 2.34. The van der Waals surface area contributed by atoms with E-state index in [0.29, 0.717) is 17.3 Å². The van der Waals surface area contributed by atoms with E-state index >= 15 is 0 Å². The van der Waals surface area contributed by atoms with Crippen LogP contribution in [0.5, 0.6) is 5.75 Å². The third-order valence-electron chi connectivity index (χ3n) is 3.87. The number of nitrogens with two attached hydrogens (primary N) is 1. The van der Waals surface area contributed by atoms with E-state index in [2.05, 4.69) is 5.32 Å². The summed E-state index contributed by atoms with van der Waals surface area (Å²) in [5.74, 6) is 0.563. The Labute approximate surface area is 136 Å². The quantitative estimate of drug-likeness (QED) is 0.890. The molecule has 6 heteroatoms. The predicted octanol–water partition coefficient (Wildman–Crippen LogP) is 3.05. The normalized spacial score (nSPS) is 16.7. The number of carbonyl (C=O) groups is 1. The number of methoxy groups -OCH3 is 1. The molecule has 1 aliphatic carbocycles. The van der Waals surface area contributed by atoms with Crippen LogP contribution in [0.15, 0.2) is 18.2 Å². The van der Waals surface area contributed by atoms with Gasteiger partial charge in [0.05, 0.1) is 17.7 Å². The second kappa shape index (κ2) is 7.87. The highest BCUT2D eigenvalue weighted by Crippen LogP contribution is 2.27. The lowest BCUT2D eigenvalue weighted by Gasteiger charge is -2.31. The van der Waals surface area contributed by atoms with Gasteiger partial charge >= 0.3 is 0 Å². The Morgan fingerprint density at radius 2 is 2.05 bits per heavy atom. The van der Waals surface area contributed by atoms with Crippen LogP contribution in [0.3, 0.4) is 0 Å². The first-order valence-electron chi connectivity index (χ1n) is 6.95. The molecule has 0 saturated heterocycles.